The van der Waals surface area contributed by atoms with Crippen LogP contribution < -0.4 is 38.1 Å². The Morgan fingerprint density at radius 1 is 0.789 bits per heavy atom. The Morgan fingerprint density at radius 2 is 1.46 bits per heavy atom. The van der Waals surface area contributed by atoms with E-state index in [1.165, 1.54) is 30.7 Å². The number of carbonyl (C=O) groups is 7. The molecular weight excluding hydrogens is 991 g/mol. The number of aliphatic hydroxyl groups is 7. The third kappa shape index (κ3) is 18.4. The predicted molar refractivity (Wildman–Crippen MR) is 277 cm³/mol. The molecule has 0 unspecified atom stereocenters. The number of Topliss-reactive ketones (excluding diaryl/α,β-unsaturated/α-hetero) is 1. The maximum atomic E-state index is 14.6. The van der Waals surface area contributed by atoms with E-state index >= 15 is 0 Å². The summed E-state index contributed by atoms with van der Waals surface area (Å²) in [5.74, 6) is -7.91. The molecule has 3 saturated heterocycles. The second-order valence-electron chi connectivity index (χ2n) is 21.1. The molecule has 1 aromatic carbocycles. The third-order valence-electron chi connectivity index (χ3n) is 15.0. The summed E-state index contributed by atoms with van der Waals surface area (Å²) in [4.78, 5) is 102. The number of nitrogens with two attached hydrogens (primary N) is 2. The largest absolute Gasteiger partial charge is 0.508 e. The fraction of sp³-hybridized carbons (Fsp3) is 0.750. The summed E-state index contributed by atoms with van der Waals surface area (Å²) in [7, 11) is 0. The average molecular weight is 1080 g/mol. The van der Waals surface area contributed by atoms with Gasteiger partial charge in [0.2, 0.25) is 35.4 Å². The number of hydrogen-bond acceptors (Lipinski definition) is 18. The van der Waals surface area contributed by atoms with E-state index in [9.17, 15) is 74.4 Å². The molecule has 24 heteroatoms. The maximum absolute atomic E-state index is 14.6. The third-order valence-corrected chi connectivity index (χ3v) is 15.0. The summed E-state index contributed by atoms with van der Waals surface area (Å²) in [5.41, 5.74) is 11.5. The van der Waals surface area contributed by atoms with Crippen LogP contribution in [0.25, 0.3) is 0 Å². The monoisotopic (exact) mass is 1080 g/mol. The number of aliphatic hydroxyl groups excluding tert-OH is 7. The van der Waals surface area contributed by atoms with E-state index in [0.29, 0.717) is 18.3 Å². The van der Waals surface area contributed by atoms with Crippen molar-refractivity contribution in [2.75, 3.05) is 39.3 Å². The summed E-state index contributed by atoms with van der Waals surface area (Å²) in [6.45, 7) is 4.62. The maximum Gasteiger partial charge on any atom is 0.248 e. The molecule has 0 bridgehead atoms. The van der Waals surface area contributed by atoms with E-state index in [2.05, 4.69) is 47.4 Å². The second-order valence-corrected chi connectivity index (χ2v) is 21.1. The quantitative estimate of drug-likeness (QED) is 0.0499. The normalized spacial score (nSPS) is 28.5. The molecule has 24 nitrogen and oxygen atoms in total. The Balaban J connectivity index is 1.71. The molecule has 0 saturated carbocycles. The van der Waals surface area contributed by atoms with Gasteiger partial charge in [0.1, 0.15) is 42.2 Å². The summed E-state index contributed by atoms with van der Waals surface area (Å²) >= 11 is 0. The van der Waals surface area contributed by atoms with Gasteiger partial charge in [-0.3, -0.25) is 38.9 Å². The van der Waals surface area contributed by atoms with Crippen molar-refractivity contribution < 1.29 is 74.4 Å². The Hall–Kier alpha value is -4.89. The Bertz CT molecular complexity index is 2040. The highest BCUT2D eigenvalue weighted by Crippen LogP contribution is 2.30. The van der Waals surface area contributed by atoms with Crippen molar-refractivity contribution in [1.82, 2.24) is 36.4 Å². The molecule has 3 heterocycles. The fourth-order valence-corrected chi connectivity index (χ4v) is 10.4. The number of aromatic hydroxyl groups is 1. The van der Waals surface area contributed by atoms with Crippen molar-refractivity contribution in [1.29, 1.82) is 0 Å². The number of unbranched alkanes of at least 4 members (excludes halogenated alkanes) is 5. The number of ketones is 1. The van der Waals surface area contributed by atoms with Gasteiger partial charge in [-0.25, -0.2) is 0 Å². The molecule has 0 spiro atoms. The molecule has 15 atom stereocenters. The molecule has 76 heavy (non-hydrogen) atoms. The van der Waals surface area contributed by atoms with Gasteiger partial charge in [-0.2, -0.15) is 0 Å². The van der Waals surface area contributed by atoms with E-state index in [-0.39, 0.29) is 56.8 Å². The average Bonchev–Trinajstić information content (AvgIpc) is 3.99. The van der Waals surface area contributed by atoms with E-state index in [1.807, 2.05) is 0 Å². The Kier molecular flexibility index (Phi) is 26.4. The zero-order valence-electron chi connectivity index (χ0n) is 44.3. The van der Waals surface area contributed by atoms with E-state index < -0.39 is 153 Å². The molecule has 430 valence electrons. The highest BCUT2D eigenvalue weighted by atomic mass is 16.3. The minimum absolute atomic E-state index is 0.0152. The molecule has 4 rings (SSSR count). The Labute approximate surface area is 445 Å². The van der Waals surface area contributed by atoms with Crippen molar-refractivity contribution in [3.63, 3.8) is 0 Å². The number of amides is 6. The summed E-state index contributed by atoms with van der Waals surface area (Å²) < 4.78 is 0. The second kappa shape index (κ2) is 31.5. The van der Waals surface area contributed by atoms with Gasteiger partial charge >= 0.3 is 0 Å². The van der Waals surface area contributed by atoms with Gasteiger partial charge in [0.15, 0.2) is 5.78 Å². The van der Waals surface area contributed by atoms with Crippen LogP contribution in [0.1, 0.15) is 129 Å². The molecule has 0 aromatic heterocycles. The number of nitrogens with zero attached hydrogens (tertiary/aromatic N) is 2. The van der Waals surface area contributed by atoms with E-state index in [4.69, 9.17) is 11.5 Å². The van der Waals surface area contributed by atoms with Crippen LogP contribution in [0.15, 0.2) is 24.3 Å². The van der Waals surface area contributed by atoms with Crippen LogP contribution in [-0.2, 0) is 33.6 Å². The van der Waals surface area contributed by atoms with Crippen molar-refractivity contribution in [3.8, 4) is 5.75 Å². The number of nitrogens with one attached hydrogen (secondary N) is 5. The van der Waals surface area contributed by atoms with Crippen LogP contribution in [0.2, 0.25) is 0 Å². The SMILES string of the molecule is CC[C@H](C)C[C@H](C)CCCCCCCCC(=O)N[C@H]1C[C@@H](O)[C@@H](NCCN)NC(=O)[C@@H]2[C@@H](O)CCN2C(=O)[C@H]([C@H](O)CCN)NC(=O)[C@H]([C@H](O)[C@@H](O)c2ccc(O)cc2)CC(=O)[C@@H]2C[C@@H](O)CN2C(=O)[C@H](CO)NC1=O. The van der Waals surface area contributed by atoms with Gasteiger partial charge in [-0.15, -0.1) is 0 Å². The standard InChI is InChI=1S/C52H87N9O15/c1-4-29(2)23-30(3)11-9-7-5-6-8-10-12-42(69)56-35-26-41(68)47(55-21-20-54)59-50(74)44-39(66)18-22-60(44)52(76)43(38(65)17-19-53)58-48(72)34(46(71)45(70)31-13-15-32(63)16-14-31)25-40(67)37-24-33(64)27-61(37)51(75)36(28-62)57-49(35)73/h13-16,29-30,33-39,41,43-47,55,62-66,68,70-71H,4-12,17-28,53-54H2,1-3H3,(H,56,69)(H,57,73)(H,58,72)(H,59,74)/t29-,30+,33+,34-,35-,36-,37-,38+,39-,41+,43-,44-,45-,46-,47-/m0/s1. The zero-order valence-corrected chi connectivity index (χ0v) is 44.3. The van der Waals surface area contributed by atoms with Crippen molar-refractivity contribution >= 4 is 41.2 Å². The first-order chi connectivity index (χ1) is 36.1. The topological polar surface area (TPSA) is 400 Å². The lowest BCUT2D eigenvalue weighted by molar-refractivity contribution is -0.149. The summed E-state index contributed by atoms with van der Waals surface area (Å²) in [6, 6.07) is -3.80. The highest BCUT2D eigenvalue weighted by molar-refractivity contribution is 5.98. The Morgan fingerprint density at radius 3 is 2.11 bits per heavy atom. The van der Waals surface area contributed by atoms with E-state index in [1.54, 1.807) is 0 Å². The first kappa shape index (κ1) is 63.6. The molecule has 3 aliphatic rings. The number of fused-ring (bicyclic) bond motifs is 2. The first-order valence-electron chi connectivity index (χ1n) is 27.1. The number of phenolic OH excluding ortho intramolecular Hbond substituents is 1. The zero-order chi connectivity index (χ0) is 56.2. The molecule has 3 aliphatic heterocycles. The number of phenols is 1. The summed E-state index contributed by atoms with van der Waals surface area (Å²) in [6.07, 6.45) is -5.73. The summed E-state index contributed by atoms with van der Waals surface area (Å²) in [5, 5.41) is 102. The van der Waals surface area contributed by atoms with E-state index in [0.717, 1.165) is 54.7 Å². The first-order valence-corrected chi connectivity index (χ1v) is 27.1. The molecule has 0 aliphatic carbocycles. The molecule has 6 amide bonds. The minimum Gasteiger partial charge on any atom is -0.508 e. The number of carbonyl (C=O) groups excluding carboxylic acids is 7. The number of hydrogen-bond donors (Lipinski definition) is 15. The van der Waals surface area contributed by atoms with Crippen LogP contribution >= 0.6 is 0 Å². The van der Waals surface area contributed by atoms with Gasteiger partial charge < -0.3 is 83.4 Å². The lowest BCUT2D eigenvalue weighted by Crippen LogP contribution is -2.63. The van der Waals surface area contributed by atoms with Gasteiger partial charge in [0, 0.05) is 51.9 Å². The van der Waals surface area contributed by atoms with Gasteiger partial charge in [0.25, 0.3) is 0 Å². The molecular formula is C52H87N9O15. The van der Waals surface area contributed by atoms with Crippen LogP contribution in [0.5, 0.6) is 5.75 Å². The lowest BCUT2D eigenvalue weighted by atomic mass is 9.86. The van der Waals surface area contributed by atoms with Crippen molar-refractivity contribution in [2.45, 2.75) is 190 Å². The lowest BCUT2D eigenvalue weighted by Gasteiger charge is -2.34. The van der Waals surface area contributed by atoms with Crippen molar-refractivity contribution in [3.05, 3.63) is 29.8 Å². The van der Waals surface area contributed by atoms with Crippen LogP contribution in [-0.4, -0.2) is 198 Å². The molecule has 0 radical (unpaired) electrons. The molecule has 17 N–H and O–H groups in total. The number of rotatable bonds is 23. The molecule has 1 aromatic rings. The van der Waals surface area contributed by atoms with Gasteiger partial charge in [-0.05, 0) is 61.8 Å². The molecule has 3 fully saturated rings. The van der Waals surface area contributed by atoms with Gasteiger partial charge in [-0.1, -0.05) is 77.8 Å². The minimum atomic E-state index is -2.16. The van der Waals surface area contributed by atoms with Gasteiger partial charge in [0.05, 0.1) is 49.1 Å². The number of benzene rings is 1. The van der Waals surface area contributed by atoms with Crippen LogP contribution in [0.4, 0.5) is 0 Å². The van der Waals surface area contributed by atoms with Crippen LogP contribution in [0.3, 0.4) is 0 Å². The fourth-order valence-electron chi connectivity index (χ4n) is 10.4. The predicted octanol–water partition coefficient (Wildman–Crippen LogP) is -2.61. The van der Waals surface area contributed by atoms with Crippen molar-refractivity contribution in [2.24, 2.45) is 29.2 Å². The highest BCUT2D eigenvalue weighted by Gasteiger charge is 2.48. The smallest absolute Gasteiger partial charge is 0.248 e. The van der Waals surface area contributed by atoms with Crippen LogP contribution in [0, 0.1) is 17.8 Å².